The Morgan fingerprint density at radius 3 is 2.68 bits per heavy atom. The number of likely N-dealkylation sites (N-methyl/N-ethyl adjacent to an activating group) is 1. The van der Waals surface area contributed by atoms with Crippen LogP contribution >= 0.6 is 12.2 Å². The van der Waals surface area contributed by atoms with Gasteiger partial charge < -0.3 is 10.2 Å². The molecule has 0 unspecified atom stereocenters. The van der Waals surface area contributed by atoms with E-state index < -0.39 is 4.92 Å². The first kappa shape index (κ1) is 18.1. The summed E-state index contributed by atoms with van der Waals surface area (Å²) in [6, 6.07) is 2.99. The van der Waals surface area contributed by atoms with Gasteiger partial charge in [0, 0.05) is 24.8 Å². The highest BCUT2D eigenvalue weighted by Crippen LogP contribution is 2.20. The lowest BCUT2D eigenvalue weighted by atomic mass is 10.3. The molecule has 3 N–H and O–H groups in total. The van der Waals surface area contributed by atoms with Gasteiger partial charge in [0.15, 0.2) is 5.11 Å². The minimum Gasteiger partial charge on any atom is -0.360 e. The molecule has 1 heterocycles. The molecule has 122 valence electrons. The van der Waals surface area contributed by atoms with Crippen LogP contribution in [0.25, 0.3) is 0 Å². The fourth-order valence-corrected chi connectivity index (χ4v) is 1.97. The van der Waals surface area contributed by atoms with Gasteiger partial charge in [-0.1, -0.05) is 13.8 Å². The predicted molar refractivity (Wildman–Crippen MR) is 90.8 cm³/mol. The number of nitrogens with one attached hydrogen (secondary N) is 3. The summed E-state index contributed by atoms with van der Waals surface area (Å²) in [5.74, 6) is 0.137. The average molecular weight is 326 g/mol. The van der Waals surface area contributed by atoms with E-state index in [-0.39, 0.29) is 11.5 Å². The van der Waals surface area contributed by atoms with E-state index in [1.807, 2.05) is 0 Å². The van der Waals surface area contributed by atoms with Crippen molar-refractivity contribution in [3.8, 4) is 0 Å². The number of hydrazine groups is 1. The van der Waals surface area contributed by atoms with Crippen LogP contribution in [0.1, 0.15) is 19.5 Å². The van der Waals surface area contributed by atoms with Gasteiger partial charge in [-0.15, -0.1) is 0 Å². The lowest BCUT2D eigenvalue weighted by molar-refractivity contribution is -0.384. The van der Waals surface area contributed by atoms with E-state index in [0.29, 0.717) is 17.4 Å². The summed E-state index contributed by atoms with van der Waals surface area (Å²) in [5, 5.41) is 14.3. The topological polar surface area (TPSA) is 95.4 Å². The molecule has 0 radical (unpaired) electrons. The monoisotopic (exact) mass is 326 g/mol. The van der Waals surface area contributed by atoms with Crippen LogP contribution in [-0.2, 0) is 0 Å². The molecule has 8 nitrogen and oxygen atoms in total. The fraction of sp³-hybridized carbons (Fsp3) is 0.538. The highest BCUT2D eigenvalue weighted by molar-refractivity contribution is 7.80. The molecule has 0 fully saturated rings. The van der Waals surface area contributed by atoms with Crippen molar-refractivity contribution in [3.63, 3.8) is 0 Å². The Morgan fingerprint density at radius 1 is 1.41 bits per heavy atom. The van der Waals surface area contributed by atoms with Gasteiger partial charge in [-0.25, -0.2) is 4.98 Å². The fourth-order valence-electron chi connectivity index (χ4n) is 1.82. The van der Waals surface area contributed by atoms with Crippen molar-refractivity contribution in [2.24, 2.45) is 0 Å². The van der Waals surface area contributed by atoms with E-state index in [0.717, 1.165) is 19.6 Å². The third-order valence-electron chi connectivity index (χ3n) is 3.11. The summed E-state index contributed by atoms with van der Waals surface area (Å²) in [6.07, 6.45) is 0. The van der Waals surface area contributed by atoms with Gasteiger partial charge in [0.25, 0.3) is 0 Å². The molecule has 0 aliphatic rings. The number of thiocarbonyl (C=S) groups is 1. The molecule has 0 bridgehead atoms. The van der Waals surface area contributed by atoms with Crippen LogP contribution in [0.15, 0.2) is 12.1 Å². The molecule has 0 aliphatic heterocycles. The summed E-state index contributed by atoms with van der Waals surface area (Å²) in [7, 11) is 0. The molecule has 22 heavy (non-hydrogen) atoms. The number of pyridine rings is 1. The Morgan fingerprint density at radius 2 is 2.09 bits per heavy atom. The molecule has 0 spiro atoms. The summed E-state index contributed by atoms with van der Waals surface area (Å²) < 4.78 is 0. The maximum Gasteiger partial charge on any atom is 0.313 e. The number of hydrogen-bond acceptors (Lipinski definition) is 6. The third kappa shape index (κ3) is 5.78. The maximum atomic E-state index is 10.9. The molecule has 1 aromatic rings. The van der Waals surface area contributed by atoms with Gasteiger partial charge in [-0.2, -0.15) is 0 Å². The van der Waals surface area contributed by atoms with E-state index in [1.165, 1.54) is 6.07 Å². The number of nitrogens with zero attached hydrogens (tertiary/aromatic N) is 3. The van der Waals surface area contributed by atoms with E-state index >= 15 is 0 Å². The van der Waals surface area contributed by atoms with E-state index in [4.69, 9.17) is 12.2 Å². The van der Waals surface area contributed by atoms with Crippen molar-refractivity contribution >= 4 is 28.8 Å². The molecule has 0 aromatic carbocycles. The van der Waals surface area contributed by atoms with Crippen LogP contribution in [0.4, 0.5) is 11.5 Å². The Bertz CT molecular complexity index is 521. The van der Waals surface area contributed by atoms with Crippen LogP contribution in [0.3, 0.4) is 0 Å². The Hall–Kier alpha value is -2.00. The SMILES string of the molecule is CCN(CC)CCNC(=S)NNc1nc(C)ccc1[N+](=O)[O-]. The van der Waals surface area contributed by atoms with E-state index in [1.54, 1.807) is 13.0 Å². The molecule has 0 atom stereocenters. The summed E-state index contributed by atoms with van der Waals surface area (Å²) in [4.78, 5) is 16.8. The second-order valence-corrected chi connectivity index (χ2v) is 5.02. The molecule has 1 rings (SSSR count). The molecule has 9 heteroatoms. The van der Waals surface area contributed by atoms with E-state index in [9.17, 15) is 10.1 Å². The first-order chi connectivity index (χ1) is 10.5. The Labute approximate surface area is 135 Å². The third-order valence-corrected chi connectivity index (χ3v) is 3.36. The molecule has 0 amide bonds. The van der Waals surface area contributed by atoms with Crippen molar-refractivity contribution in [3.05, 3.63) is 27.9 Å². The van der Waals surface area contributed by atoms with Crippen molar-refractivity contribution < 1.29 is 4.92 Å². The Kier molecular flexibility index (Phi) is 7.47. The number of anilines is 1. The van der Waals surface area contributed by atoms with Gasteiger partial charge in [-0.05, 0) is 38.3 Å². The van der Waals surface area contributed by atoms with Gasteiger partial charge in [0.1, 0.15) is 0 Å². The quantitative estimate of drug-likeness (QED) is 0.375. The zero-order valence-corrected chi connectivity index (χ0v) is 13.9. The number of aryl methyl sites for hydroxylation is 1. The molecule has 1 aromatic heterocycles. The summed E-state index contributed by atoms with van der Waals surface area (Å²) in [6.45, 7) is 9.49. The zero-order valence-electron chi connectivity index (χ0n) is 13.0. The number of aromatic nitrogens is 1. The molecule has 0 saturated carbocycles. The first-order valence-electron chi connectivity index (χ1n) is 7.12. The standard InChI is InChI=1S/C13H22N6O2S/c1-4-18(5-2)9-8-14-13(22)17-16-12-11(19(20)21)7-6-10(3)15-12/h6-7H,4-5,8-9H2,1-3H3,(H,15,16)(H2,14,17,22). The maximum absolute atomic E-state index is 10.9. The van der Waals surface area contributed by atoms with Gasteiger partial charge in [0.2, 0.25) is 5.82 Å². The number of nitro groups is 1. The van der Waals surface area contributed by atoms with Gasteiger partial charge >= 0.3 is 5.69 Å². The second-order valence-electron chi connectivity index (χ2n) is 4.61. The minimum absolute atomic E-state index is 0.107. The predicted octanol–water partition coefficient (Wildman–Crippen LogP) is 1.43. The molecule has 0 saturated heterocycles. The normalized spacial score (nSPS) is 10.4. The van der Waals surface area contributed by atoms with Gasteiger partial charge in [-0.3, -0.25) is 21.0 Å². The first-order valence-corrected chi connectivity index (χ1v) is 7.53. The second kappa shape index (κ2) is 9.11. The van der Waals surface area contributed by atoms with Crippen molar-refractivity contribution in [1.82, 2.24) is 20.6 Å². The average Bonchev–Trinajstić information content (AvgIpc) is 2.49. The minimum atomic E-state index is -0.493. The lowest BCUT2D eigenvalue weighted by Gasteiger charge is -2.19. The van der Waals surface area contributed by atoms with Crippen LogP contribution in [0.2, 0.25) is 0 Å². The lowest BCUT2D eigenvalue weighted by Crippen LogP contribution is -2.42. The van der Waals surface area contributed by atoms with Crippen molar-refractivity contribution in [2.45, 2.75) is 20.8 Å². The van der Waals surface area contributed by atoms with Crippen LogP contribution < -0.4 is 16.2 Å². The van der Waals surface area contributed by atoms with Crippen LogP contribution in [-0.4, -0.2) is 46.1 Å². The zero-order chi connectivity index (χ0) is 16.5. The summed E-state index contributed by atoms with van der Waals surface area (Å²) >= 11 is 5.12. The summed E-state index contributed by atoms with van der Waals surface area (Å²) in [5.41, 5.74) is 5.97. The smallest absolute Gasteiger partial charge is 0.313 e. The van der Waals surface area contributed by atoms with Crippen LogP contribution in [0, 0.1) is 17.0 Å². The highest BCUT2D eigenvalue weighted by Gasteiger charge is 2.15. The molecular weight excluding hydrogens is 304 g/mol. The van der Waals surface area contributed by atoms with Crippen molar-refractivity contribution in [2.75, 3.05) is 31.6 Å². The van der Waals surface area contributed by atoms with Crippen molar-refractivity contribution in [1.29, 1.82) is 0 Å². The number of hydrogen-bond donors (Lipinski definition) is 3. The van der Waals surface area contributed by atoms with Crippen LogP contribution in [0.5, 0.6) is 0 Å². The molecular formula is C13H22N6O2S. The van der Waals surface area contributed by atoms with E-state index in [2.05, 4.69) is 39.9 Å². The highest BCUT2D eigenvalue weighted by atomic mass is 32.1. The Balaban J connectivity index is 2.47. The number of rotatable bonds is 8. The largest absolute Gasteiger partial charge is 0.360 e. The van der Waals surface area contributed by atoms with Gasteiger partial charge in [0.05, 0.1) is 4.92 Å². The molecule has 0 aliphatic carbocycles.